The third-order valence-electron chi connectivity index (χ3n) is 4.34. The Kier molecular flexibility index (Phi) is 4.49. The van der Waals surface area contributed by atoms with Crippen LogP contribution in [0.25, 0.3) is 33.3 Å². The van der Waals surface area contributed by atoms with Crippen LogP contribution in [0.15, 0.2) is 55.0 Å². The van der Waals surface area contributed by atoms with Crippen molar-refractivity contribution in [3.63, 3.8) is 0 Å². The van der Waals surface area contributed by atoms with Gasteiger partial charge in [0.2, 0.25) is 11.9 Å². The van der Waals surface area contributed by atoms with Crippen molar-refractivity contribution in [2.24, 2.45) is 0 Å². The van der Waals surface area contributed by atoms with Crippen molar-refractivity contribution in [2.45, 2.75) is 13.8 Å². The van der Waals surface area contributed by atoms with Gasteiger partial charge in [0.15, 0.2) is 0 Å². The van der Waals surface area contributed by atoms with Crippen molar-refractivity contribution in [1.82, 2.24) is 19.9 Å². The molecule has 6 nitrogen and oxygen atoms in total. The smallest absolute Gasteiger partial charge is 0.229 e. The molecule has 4 aromatic rings. The number of carbonyl (C=O) groups excluding carboxylic acids is 1. The molecule has 0 bridgehead atoms. The average molecular weight is 373 g/mol. The van der Waals surface area contributed by atoms with Gasteiger partial charge in [-0.3, -0.25) is 10.1 Å². The minimum absolute atomic E-state index is 0.191. The van der Waals surface area contributed by atoms with Crippen LogP contribution in [0.5, 0.6) is 0 Å². The quantitative estimate of drug-likeness (QED) is 0.583. The van der Waals surface area contributed by atoms with Gasteiger partial charge in [0.25, 0.3) is 0 Å². The highest BCUT2D eigenvalue weighted by Crippen LogP contribution is 2.32. The van der Waals surface area contributed by atoms with E-state index in [-0.39, 0.29) is 17.7 Å². The van der Waals surface area contributed by atoms with Crippen LogP contribution in [-0.2, 0) is 4.79 Å². The summed E-state index contributed by atoms with van der Waals surface area (Å²) in [5, 5.41) is 3.52. The standard InChI is InChI=1S/C21H16FN5O/c1-12-17-9-15(5-8-19(17)25-11-24-12)18-10-23-21(26-13(2)28)27-20(18)14-3-6-16(22)7-4-14/h3-11H,1-2H3,(H,23,26,27,28). The molecule has 7 heteroatoms. The summed E-state index contributed by atoms with van der Waals surface area (Å²) in [6.07, 6.45) is 3.18. The first-order valence-electron chi connectivity index (χ1n) is 8.63. The number of fused-ring (bicyclic) bond motifs is 1. The molecule has 1 N–H and O–H groups in total. The number of carbonyl (C=O) groups is 1. The SMILES string of the molecule is CC(=O)Nc1ncc(-c2ccc3ncnc(C)c3c2)c(-c2ccc(F)cc2)n1. The molecular weight excluding hydrogens is 357 g/mol. The number of benzene rings is 2. The summed E-state index contributed by atoms with van der Waals surface area (Å²) in [6.45, 7) is 3.31. The first kappa shape index (κ1) is 17.7. The molecule has 2 aromatic heterocycles. The lowest BCUT2D eigenvalue weighted by molar-refractivity contribution is -0.114. The number of nitrogens with zero attached hydrogens (tertiary/aromatic N) is 4. The minimum Gasteiger partial charge on any atom is -0.295 e. The van der Waals surface area contributed by atoms with Crippen LogP contribution in [0.1, 0.15) is 12.6 Å². The minimum atomic E-state index is -0.333. The van der Waals surface area contributed by atoms with Crippen LogP contribution in [0.3, 0.4) is 0 Å². The number of aromatic nitrogens is 4. The highest BCUT2D eigenvalue weighted by atomic mass is 19.1. The fraction of sp³-hybridized carbons (Fsp3) is 0.0952. The first-order valence-corrected chi connectivity index (χ1v) is 8.63. The molecule has 0 aliphatic heterocycles. The molecule has 0 aliphatic rings. The fourth-order valence-electron chi connectivity index (χ4n) is 2.99. The third-order valence-corrected chi connectivity index (χ3v) is 4.34. The molecule has 0 spiro atoms. The maximum atomic E-state index is 13.4. The van der Waals surface area contributed by atoms with Gasteiger partial charge in [0, 0.05) is 35.3 Å². The van der Waals surface area contributed by atoms with E-state index in [2.05, 4.69) is 25.3 Å². The molecule has 2 aromatic carbocycles. The molecule has 4 rings (SSSR count). The fourth-order valence-corrected chi connectivity index (χ4v) is 2.99. The summed E-state index contributed by atoms with van der Waals surface area (Å²) in [5.74, 6) is -0.410. The summed E-state index contributed by atoms with van der Waals surface area (Å²) in [6, 6.07) is 11.9. The van der Waals surface area contributed by atoms with E-state index in [1.165, 1.54) is 25.4 Å². The molecule has 2 heterocycles. The maximum Gasteiger partial charge on any atom is 0.229 e. The van der Waals surface area contributed by atoms with E-state index in [4.69, 9.17) is 0 Å². The number of aryl methyl sites for hydroxylation is 1. The summed E-state index contributed by atoms with van der Waals surface area (Å²) >= 11 is 0. The Morgan fingerprint density at radius 2 is 1.75 bits per heavy atom. The highest BCUT2D eigenvalue weighted by molar-refractivity contribution is 5.91. The van der Waals surface area contributed by atoms with Gasteiger partial charge in [-0.2, -0.15) is 0 Å². The number of nitrogens with one attached hydrogen (secondary N) is 1. The predicted molar refractivity (Wildman–Crippen MR) is 105 cm³/mol. The van der Waals surface area contributed by atoms with Crippen LogP contribution in [-0.4, -0.2) is 25.8 Å². The van der Waals surface area contributed by atoms with Crippen LogP contribution in [0, 0.1) is 12.7 Å². The second-order valence-electron chi connectivity index (χ2n) is 6.33. The first-order chi connectivity index (χ1) is 13.5. The van der Waals surface area contributed by atoms with E-state index in [1.54, 1.807) is 18.3 Å². The predicted octanol–water partition coefficient (Wildman–Crippen LogP) is 4.16. The van der Waals surface area contributed by atoms with Crippen molar-refractivity contribution < 1.29 is 9.18 Å². The van der Waals surface area contributed by atoms with Gasteiger partial charge >= 0.3 is 0 Å². The van der Waals surface area contributed by atoms with E-state index in [0.717, 1.165) is 27.7 Å². The molecule has 0 fully saturated rings. The lowest BCUT2D eigenvalue weighted by atomic mass is 9.99. The van der Waals surface area contributed by atoms with Gasteiger partial charge in [-0.05, 0) is 48.9 Å². The summed E-state index contributed by atoms with van der Waals surface area (Å²) < 4.78 is 13.4. The van der Waals surface area contributed by atoms with Crippen molar-refractivity contribution in [1.29, 1.82) is 0 Å². The van der Waals surface area contributed by atoms with Gasteiger partial charge in [-0.25, -0.2) is 24.3 Å². The Bertz CT molecular complexity index is 1190. The number of anilines is 1. The van der Waals surface area contributed by atoms with E-state index in [0.29, 0.717) is 11.3 Å². The van der Waals surface area contributed by atoms with Crippen LogP contribution >= 0.6 is 0 Å². The van der Waals surface area contributed by atoms with Crippen LogP contribution in [0.4, 0.5) is 10.3 Å². The van der Waals surface area contributed by atoms with Gasteiger partial charge in [-0.15, -0.1) is 0 Å². The van der Waals surface area contributed by atoms with Crippen molar-refractivity contribution in [3.05, 3.63) is 66.5 Å². The Morgan fingerprint density at radius 3 is 2.50 bits per heavy atom. The number of amides is 1. The van der Waals surface area contributed by atoms with E-state index in [9.17, 15) is 9.18 Å². The number of hydrogen-bond donors (Lipinski definition) is 1. The summed E-state index contributed by atoms with van der Waals surface area (Å²) in [5.41, 5.74) is 4.64. The lowest BCUT2D eigenvalue weighted by Gasteiger charge is -2.12. The van der Waals surface area contributed by atoms with Gasteiger partial charge in [-0.1, -0.05) is 6.07 Å². The summed E-state index contributed by atoms with van der Waals surface area (Å²) in [4.78, 5) is 28.7. The van der Waals surface area contributed by atoms with Gasteiger partial charge in [0.05, 0.1) is 11.2 Å². The van der Waals surface area contributed by atoms with Crippen LogP contribution < -0.4 is 5.32 Å². The largest absolute Gasteiger partial charge is 0.295 e. The number of hydrogen-bond acceptors (Lipinski definition) is 5. The van der Waals surface area contributed by atoms with E-state index in [1.807, 2.05) is 25.1 Å². The molecule has 0 atom stereocenters. The second kappa shape index (κ2) is 7.11. The monoisotopic (exact) mass is 373 g/mol. The maximum absolute atomic E-state index is 13.4. The Morgan fingerprint density at radius 1 is 1.00 bits per heavy atom. The zero-order valence-electron chi connectivity index (χ0n) is 15.3. The Labute approximate surface area is 160 Å². The summed E-state index contributed by atoms with van der Waals surface area (Å²) in [7, 11) is 0. The number of rotatable bonds is 3. The average Bonchev–Trinajstić information content (AvgIpc) is 2.68. The second-order valence-corrected chi connectivity index (χ2v) is 6.33. The highest BCUT2D eigenvalue weighted by Gasteiger charge is 2.14. The van der Waals surface area contributed by atoms with E-state index >= 15 is 0 Å². The van der Waals surface area contributed by atoms with Gasteiger partial charge < -0.3 is 0 Å². The molecule has 138 valence electrons. The zero-order chi connectivity index (χ0) is 19.7. The molecule has 0 radical (unpaired) electrons. The third kappa shape index (κ3) is 3.42. The van der Waals surface area contributed by atoms with Gasteiger partial charge in [0.1, 0.15) is 12.1 Å². The molecule has 0 saturated heterocycles. The zero-order valence-corrected chi connectivity index (χ0v) is 15.3. The van der Waals surface area contributed by atoms with Crippen LogP contribution in [0.2, 0.25) is 0 Å². The molecule has 0 aliphatic carbocycles. The van der Waals surface area contributed by atoms with E-state index < -0.39 is 0 Å². The van der Waals surface area contributed by atoms with Crippen molar-refractivity contribution in [3.8, 4) is 22.4 Å². The van der Waals surface area contributed by atoms with Crippen molar-refractivity contribution in [2.75, 3.05) is 5.32 Å². The Hall–Kier alpha value is -3.74. The lowest BCUT2D eigenvalue weighted by Crippen LogP contribution is -2.10. The Balaban J connectivity index is 1.91. The normalized spacial score (nSPS) is 10.8. The van der Waals surface area contributed by atoms with Crippen molar-refractivity contribution >= 4 is 22.8 Å². The molecule has 0 saturated carbocycles. The molecule has 1 amide bonds. The molecule has 0 unspecified atom stereocenters. The molecular formula is C21H16FN5O. The number of halogens is 1. The molecule has 28 heavy (non-hydrogen) atoms. The topological polar surface area (TPSA) is 80.7 Å².